The zero-order chi connectivity index (χ0) is 17.8. The number of hydrogen-bond acceptors (Lipinski definition) is 5. The van der Waals surface area contributed by atoms with E-state index in [1.807, 2.05) is 30.3 Å². The number of benzene rings is 2. The van der Waals surface area contributed by atoms with Crippen LogP contribution in [0.5, 0.6) is 17.2 Å². The van der Waals surface area contributed by atoms with Gasteiger partial charge >= 0.3 is 0 Å². The number of ether oxygens (including phenoxy) is 3. The third kappa shape index (κ3) is 4.06. The lowest BCUT2D eigenvalue weighted by molar-refractivity contribution is 0.120. The van der Waals surface area contributed by atoms with E-state index in [4.69, 9.17) is 19.9 Å². The van der Waals surface area contributed by atoms with E-state index in [-0.39, 0.29) is 5.92 Å². The van der Waals surface area contributed by atoms with Gasteiger partial charge in [-0.25, -0.2) is 0 Å². The lowest BCUT2D eigenvalue weighted by Gasteiger charge is -2.23. The summed E-state index contributed by atoms with van der Waals surface area (Å²) in [4.78, 5) is 0. The van der Waals surface area contributed by atoms with Gasteiger partial charge in [0.2, 0.25) is 0 Å². The number of methoxy groups -OCH3 is 2. The fourth-order valence-corrected chi connectivity index (χ4v) is 2.91. The van der Waals surface area contributed by atoms with Crippen LogP contribution in [0.3, 0.4) is 0 Å². The highest BCUT2D eigenvalue weighted by molar-refractivity contribution is 5.52. The standard InChI is InChI=1S/C20H25NO4/c1-23-17-10-15(19(21)20(22)14-8-9-14)16(11-18(17)24-2)25-12-13-6-4-3-5-7-13/h3-7,10-11,14,19-20,22H,8-9,12,21H2,1-2H3/t19-,20+/m1/s1. The van der Waals surface area contributed by atoms with E-state index in [1.54, 1.807) is 26.4 Å². The summed E-state index contributed by atoms with van der Waals surface area (Å²) in [5.41, 5.74) is 8.12. The van der Waals surface area contributed by atoms with Gasteiger partial charge < -0.3 is 25.1 Å². The maximum atomic E-state index is 10.5. The van der Waals surface area contributed by atoms with Crippen molar-refractivity contribution in [3.63, 3.8) is 0 Å². The Morgan fingerprint density at radius 3 is 2.28 bits per heavy atom. The predicted octanol–water partition coefficient (Wildman–Crippen LogP) is 3.05. The molecular formula is C20H25NO4. The molecule has 0 bridgehead atoms. The fraction of sp³-hybridized carbons (Fsp3) is 0.400. The summed E-state index contributed by atoms with van der Waals surface area (Å²) in [5.74, 6) is 2.02. The first-order valence-electron chi connectivity index (χ1n) is 8.50. The molecule has 1 saturated carbocycles. The van der Waals surface area contributed by atoms with Crippen molar-refractivity contribution in [2.24, 2.45) is 11.7 Å². The van der Waals surface area contributed by atoms with E-state index in [9.17, 15) is 5.11 Å². The van der Waals surface area contributed by atoms with E-state index in [0.717, 1.165) is 24.0 Å². The second-order valence-electron chi connectivity index (χ2n) is 6.37. The summed E-state index contributed by atoms with van der Waals surface area (Å²) in [5, 5.41) is 10.5. The second-order valence-corrected chi connectivity index (χ2v) is 6.37. The lowest BCUT2D eigenvalue weighted by Crippen LogP contribution is -2.28. The predicted molar refractivity (Wildman–Crippen MR) is 96.0 cm³/mol. The summed E-state index contributed by atoms with van der Waals surface area (Å²) in [6.45, 7) is 0.412. The Morgan fingerprint density at radius 2 is 1.68 bits per heavy atom. The molecule has 3 N–H and O–H groups in total. The van der Waals surface area contributed by atoms with Crippen LogP contribution >= 0.6 is 0 Å². The van der Waals surface area contributed by atoms with E-state index in [0.29, 0.717) is 23.9 Å². The fourth-order valence-electron chi connectivity index (χ4n) is 2.91. The van der Waals surface area contributed by atoms with Crippen molar-refractivity contribution >= 4 is 0 Å². The normalized spacial score (nSPS) is 16.2. The maximum absolute atomic E-state index is 10.5. The highest BCUT2D eigenvalue weighted by atomic mass is 16.5. The Hall–Kier alpha value is -2.24. The van der Waals surface area contributed by atoms with Crippen molar-refractivity contribution in [3.8, 4) is 17.2 Å². The van der Waals surface area contributed by atoms with E-state index in [1.165, 1.54) is 0 Å². The maximum Gasteiger partial charge on any atom is 0.164 e. The molecule has 1 aliphatic carbocycles. The summed E-state index contributed by atoms with van der Waals surface area (Å²) in [6.07, 6.45) is 1.45. The molecule has 1 fully saturated rings. The minimum absolute atomic E-state index is 0.269. The molecule has 5 heteroatoms. The SMILES string of the molecule is COc1cc(OCc2ccccc2)c([C@@H](N)[C@@H](O)C2CC2)cc1OC. The monoisotopic (exact) mass is 343 g/mol. The van der Waals surface area contributed by atoms with E-state index < -0.39 is 12.1 Å². The van der Waals surface area contributed by atoms with Crippen LogP contribution < -0.4 is 19.9 Å². The third-order valence-corrected chi connectivity index (χ3v) is 4.59. The molecule has 2 aromatic carbocycles. The van der Waals surface area contributed by atoms with Crippen LogP contribution in [0.4, 0.5) is 0 Å². The minimum Gasteiger partial charge on any atom is -0.493 e. The van der Waals surface area contributed by atoms with Gasteiger partial charge in [-0.1, -0.05) is 30.3 Å². The minimum atomic E-state index is -0.586. The molecule has 0 aliphatic heterocycles. The number of hydrogen-bond donors (Lipinski definition) is 2. The quantitative estimate of drug-likeness (QED) is 0.771. The van der Waals surface area contributed by atoms with Crippen LogP contribution in [0.1, 0.15) is 30.0 Å². The van der Waals surface area contributed by atoms with Crippen LogP contribution in [0, 0.1) is 5.92 Å². The lowest BCUT2D eigenvalue weighted by atomic mass is 9.97. The molecule has 5 nitrogen and oxygen atoms in total. The van der Waals surface area contributed by atoms with Gasteiger partial charge in [-0.05, 0) is 30.4 Å². The van der Waals surface area contributed by atoms with Gasteiger partial charge in [-0.3, -0.25) is 0 Å². The van der Waals surface area contributed by atoms with Crippen molar-refractivity contribution < 1.29 is 19.3 Å². The van der Waals surface area contributed by atoms with Gasteiger partial charge in [0, 0.05) is 11.6 Å². The first-order valence-corrected chi connectivity index (χ1v) is 8.50. The summed E-state index contributed by atoms with van der Waals surface area (Å²) in [7, 11) is 3.16. The molecule has 2 aromatic rings. The molecule has 0 aromatic heterocycles. The first-order chi connectivity index (χ1) is 12.1. The van der Waals surface area contributed by atoms with Gasteiger partial charge in [0.15, 0.2) is 11.5 Å². The highest BCUT2D eigenvalue weighted by Crippen LogP contribution is 2.42. The second kappa shape index (κ2) is 7.76. The topological polar surface area (TPSA) is 73.9 Å². The molecule has 3 rings (SSSR count). The van der Waals surface area contributed by atoms with Crippen LogP contribution in [-0.2, 0) is 6.61 Å². The van der Waals surface area contributed by atoms with Gasteiger partial charge in [0.25, 0.3) is 0 Å². The van der Waals surface area contributed by atoms with Crippen LogP contribution in [0.15, 0.2) is 42.5 Å². The first kappa shape index (κ1) is 17.6. The molecule has 0 unspecified atom stereocenters. The Kier molecular flexibility index (Phi) is 5.46. The van der Waals surface area contributed by atoms with Crippen molar-refractivity contribution in [1.82, 2.24) is 0 Å². The Bertz CT molecular complexity index is 700. The molecule has 0 saturated heterocycles. The Morgan fingerprint density at radius 1 is 1.04 bits per heavy atom. The molecular weight excluding hydrogens is 318 g/mol. The van der Waals surface area contributed by atoms with Crippen molar-refractivity contribution in [2.45, 2.75) is 31.6 Å². The number of aliphatic hydroxyl groups excluding tert-OH is 1. The van der Waals surface area contributed by atoms with Gasteiger partial charge in [0.05, 0.1) is 26.4 Å². The Balaban J connectivity index is 1.89. The zero-order valence-electron chi connectivity index (χ0n) is 14.6. The highest BCUT2D eigenvalue weighted by Gasteiger charge is 2.35. The average Bonchev–Trinajstić information content (AvgIpc) is 3.50. The van der Waals surface area contributed by atoms with Crippen LogP contribution in [0.25, 0.3) is 0 Å². The summed E-state index contributed by atoms with van der Waals surface area (Å²) < 4.78 is 16.8. The van der Waals surface area contributed by atoms with Crippen LogP contribution in [0.2, 0.25) is 0 Å². The Labute approximate surface area is 148 Å². The molecule has 134 valence electrons. The summed E-state index contributed by atoms with van der Waals surface area (Å²) >= 11 is 0. The van der Waals surface area contributed by atoms with Crippen LogP contribution in [-0.4, -0.2) is 25.4 Å². The van der Waals surface area contributed by atoms with Gasteiger partial charge in [-0.2, -0.15) is 0 Å². The third-order valence-electron chi connectivity index (χ3n) is 4.59. The van der Waals surface area contributed by atoms with Gasteiger partial charge in [-0.15, -0.1) is 0 Å². The van der Waals surface area contributed by atoms with E-state index >= 15 is 0 Å². The largest absolute Gasteiger partial charge is 0.493 e. The summed E-state index contributed by atoms with van der Waals surface area (Å²) in [6, 6.07) is 12.9. The molecule has 0 amide bonds. The number of aliphatic hydroxyl groups is 1. The molecule has 25 heavy (non-hydrogen) atoms. The zero-order valence-corrected chi connectivity index (χ0v) is 14.6. The smallest absolute Gasteiger partial charge is 0.164 e. The number of nitrogens with two attached hydrogens (primary N) is 1. The molecule has 0 spiro atoms. The van der Waals surface area contributed by atoms with Crippen molar-refractivity contribution in [1.29, 1.82) is 0 Å². The van der Waals surface area contributed by atoms with E-state index in [2.05, 4.69) is 0 Å². The van der Waals surface area contributed by atoms with Gasteiger partial charge in [0.1, 0.15) is 12.4 Å². The molecule has 0 radical (unpaired) electrons. The molecule has 0 heterocycles. The average molecular weight is 343 g/mol. The van der Waals surface area contributed by atoms with Crippen molar-refractivity contribution in [3.05, 3.63) is 53.6 Å². The number of rotatable bonds is 8. The molecule has 1 aliphatic rings. The van der Waals surface area contributed by atoms with Crippen molar-refractivity contribution in [2.75, 3.05) is 14.2 Å². The molecule has 2 atom stereocenters.